The van der Waals surface area contributed by atoms with Crippen LogP contribution in [0.1, 0.15) is 15.9 Å². The second-order valence-electron chi connectivity index (χ2n) is 5.69. The van der Waals surface area contributed by atoms with Crippen molar-refractivity contribution in [3.63, 3.8) is 0 Å². The lowest BCUT2D eigenvalue weighted by Crippen LogP contribution is -2.34. The molecule has 0 unspecified atom stereocenters. The highest BCUT2D eigenvalue weighted by atomic mass is 35.5. The second-order valence-corrected chi connectivity index (χ2v) is 6.12. The summed E-state index contributed by atoms with van der Waals surface area (Å²) in [5, 5.41) is 5.43. The Kier molecular flexibility index (Phi) is 6.07. The lowest BCUT2D eigenvalue weighted by Gasteiger charge is -2.12. The molecule has 0 spiro atoms. The van der Waals surface area contributed by atoms with Gasteiger partial charge in [-0.1, -0.05) is 54.1 Å². The van der Waals surface area contributed by atoms with E-state index in [-0.39, 0.29) is 5.56 Å². The number of hydrogen-bond acceptors (Lipinski definition) is 3. The summed E-state index contributed by atoms with van der Waals surface area (Å²) in [4.78, 5) is 24.5. The average molecular weight is 381 g/mol. The van der Waals surface area contributed by atoms with Crippen molar-refractivity contribution < 1.29 is 14.3 Å². The third-order valence-corrected chi connectivity index (χ3v) is 3.95. The number of rotatable bonds is 5. The summed E-state index contributed by atoms with van der Waals surface area (Å²) in [6.07, 6.45) is 0. The molecule has 27 heavy (non-hydrogen) atoms. The van der Waals surface area contributed by atoms with Gasteiger partial charge in [-0.05, 0) is 42.0 Å². The fraction of sp³-hybridized carbons (Fsp3) is 0.0476. The number of carbonyl (C=O) groups excluding carboxylic acids is 2. The van der Waals surface area contributed by atoms with E-state index in [0.717, 1.165) is 5.56 Å². The third kappa shape index (κ3) is 5.33. The molecular formula is C21H17ClN2O3. The van der Waals surface area contributed by atoms with Crippen molar-refractivity contribution in [1.82, 2.24) is 5.32 Å². The molecule has 0 heterocycles. The van der Waals surface area contributed by atoms with Crippen LogP contribution in [0, 0.1) is 0 Å². The van der Waals surface area contributed by atoms with Crippen molar-refractivity contribution in [2.75, 3.05) is 5.32 Å². The maximum atomic E-state index is 12.5. The highest BCUT2D eigenvalue weighted by Gasteiger charge is 2.15. The zero-order chi connectivity index (χ0) is 19.1. The first-order chi connectivity index (χ1) is 13.1. The molecule has 0 aliphatic carbocycles. The van der Waals surface area contributed by atoms with Crippen molar-refractivity contribution in [3.05, 3.63) is 95.0 Å². The van der Waals surface area contributed by atoms with Gasteiger partial charge in [0.25, 0.3) is 5.91 Å². The predicted molar refractivity (Wildman–Crippen MR) is 105 cm³/mol. The molecule has 2 N–H and O–H groups in total. The largest absolute Gasteiger partial charge is 0.488 e. The lowest BCUT2D eigenvalue weighted by molar-refractivity contribution is 0.0962. The molecule has 0 aliphatic rings. The highest BCUT2D eigenvalue weighted by Crippen LogP contribution is 2.19. The van der Waals surface area contributed by atoms with Crippen LogP contribution in [0.15, 0.2) is 78.9 Å². The van der Waals surface area contributed by atoms with Gasteiger partial charge in [0.05, 0.1) is 5.56 Å². The van der Waals surface area contributed by atoms with Gasteiger partial charge in [-0.2, -0.15) is 0 Å². The monoisotopic (exact) mass is 380 g/mol. The van der Waals surface area contributed by atoms with Gasteiger partial charge in [0, 0.05) is 10.7 Å². The fourth-order valence-corrected chi connectivity index (χ4v) is 2.51. The first kappa shape index (κ1) is 18.5. The van der Waals surface area contributed by atoms with E-state index in [9.17, 15) is 9.59 Å². The highest BCUT2D eigenvalue weighted by molar-refractivity contribution is 6.30. The lowest BCUT2D eigenvalue weighted by atomic mass is 10.2. The summed E-state index contributed by atoms with van der Waals surface area (Å²) in [5.74, 6) is -0.150. The summed E-state index contributed by atoms with van der Waals surface area (Å²) < 4.78 is 5.75. The topological polar surface area (TPSA) is 67.4 Å². The van der Waals surface area contributed by atoms with E-state index in [4.69, 9.17) is 16.3 Å². The summed E-state index contributed by atoms with van der Waals surface area (Å²) >= 11 is 5.81. The molecule has 0 atom stereocenters. The molecule has 0 aromatic heterocycles. The minimum absolute atomic E-state index is 0.277. The molecule has 0 saturated carbocycles. The fourth-order valence-electron chi connectivity index (χ4n) is 2.38. The van der Waals surface area contributed by atoms with Crippen molar-refractivity contribution >= 4 is 29.2 Å². The molecule has 3 amide bonds. The van der Waals surface area contributed by atoms with E-state index in [1.807, 2.05) is 30.3 Å². The molecule has 3 rings (SSSR count). The Morgan fingerprint density at radius 1 is 0.852 bits per heavy atom. The van der Waals surface area contributed by atoms with E-state index in [1.54, 1.807) is 48.5 Å². The van der Waals surface area contributed by atoms with Gasteiger partial charge < -0.3 is 10.1 Å². The molecule has 0 radical (unpaired) electrons. The van der Waals surface area contributed by atoms with Crippen LogP contribution in [-0.2, 0) is 6.61 Å². The normalized spacial score (nSPS) is 10.1. The molecule has 0 aliphatic heterocycles. The number of urea groups is 1. The summed E-state index contributed by atoms with van der Waals surface area (Å²) in [6.45, 7) is 0.322. The number of carbonyl (C=O) groups is 2. The van der Waals surface area contributed by atoms with E-state index in [1.165, 1.54) is 0 Å². The quantitative estimate of drug-likeness (QED) is 0.662. The van der Waals surface area contributed by atoms with Crippen LogP contribution < -0.4 is 15.4 Å². The van der Waals surface area contributed by atoms with Gasteiger partial charge in [0.2, 0.25) is 0 Å². The van der Waals surface area contributed by atoms with Crippen LogP contribution in [0.2, 0.25) is 5.02 Å². The van der Waals surface area contributed by atoms with Crippen LogP contribution in [-0.4, -0.2) is 11.9 Å². The van der Waals surface area contributed by atoms with Crippen LogP contribution >= 0.6 is 11.6 Å². The Morgan fingerprint density at radius 3 is 2.26 bits per heavy atom. The maximum absolute atomic E-state index is 12.5. The van der Waals surface area contributed by atoms with Crippen molar-refractivity contribution in [1.29, 1.82) is 0 Å². The molecule has 0 bridgehead atoms. The number of anilines is 1. The Balaban J connectivity index is 1.64. The van der Waals surface area contributed by atoms with E-state index >= 15 is 0 Å². The molecule has 0 fully saturated rings. The number of halogens is 1. The van der Waals surface area contributed by atoms with Crippen LogP contribution in [0.5, 0.6) is 5.75 Å². The van der Waals surface area contributed by atoms with Gasteiger partial charge in [-0.15, -0.1) is 0 Å². The Bertz CT molecular complexity index is 928. The van der Waals surface area contributed by atoms with Crippen molar-refractivity contribution in [2.45, 2.75) is 6.61 Å². The Hall–Kier alpha value is -3.31. The number of amides is 3. The average Bonchev–Trinajstić information content (AvgIpc) is 2.69. The predicted octanol–water partition coefficient (Wildman–Crippen LogP) is 4.88. The van der Waals surface area contributed by atoms with Gasteiger partial charge >= 0.3 is 6.03 Å². The number of benzene rings is 3. The number of imide groups is 1. The van der Waals surface area contributed by atoms with E-state index < -0.39 is 11.9 Å². The summed E-state index contributed by atoms with van der Waals surface area (Å²) in [6, 6.07) is 22.3. The molecule has 6 heteroatoms. The van der Waals surface area contributed by atoms with Crippen molar-refractivity contribution in [2.24, 2.45) is 0 Å². The zero-order valence-electron chi connectivity index (χ0n) is 14.3. The molecule has 3 aromatic rings. The summed E-state index contributed by atoms with van der Waals surface area (Å²) in [5.41, 5.74) is 1.78. The van der Waals surface area contributed by atoms with E-state index in [0.29, 0.717) is 23.1 Å². The zero-order valence-corrected chi connectivity index (χ0v) is 15.1. The van der Waals surface area contributed by atoms with Crippen LogP contribution in [0.4, 0.5) is 10.5 Å². The van der Waals surface area contributed by atoms with Gasteiger partial charge in [0.15, 0.2) is 0 Å². The van der Waals surface area contributed by atoms with Crippen LogP contribution in [0.3, 0.4) is 0 Å². The first-order valence-electron chi connectivity index (χ1n) is 8.25. The smallest absolute Gasteiger partial charge is 0.326 e. The number of para-hydroxylation sites is 1. The van der Waals surface area contributed by atoms with Gasteiger partial charge in [-0.25, -0.2) is 4.79 Å². The number of hydrogen-bond donors (Lipinski definition) is 2. The number of nitrogens with one attached hydrogen (secondary N) is 2. The van der Waals surface area contributed by atoms with Gasteiger partial charge in [0.1, 0.15) is 12.4 Å². The van der Waals surface area contributed by atoms with Crippen molar-refractivity contribution in [3.8, 4) is 5.75 Å². The molecule has 0 saturated heterocycles. The third-order valence-electron chi connectivity index (χ3n) is 3.70. The van der Waals surface area contributed by atoms with Crippen LogP contribution in [0.25, 0.3) is 0 Å². The second kappa shape index (κ2) is 8.87. The minimum Gasteiger partial charge on any atom is -0.488 e. The first-order valence-corrected chi connectivity index (χ1v) is 8.63. The minimum atomic E-state index is -0.639. The maximum Gasteiger partial charge on any atom is 0.326 e. The molecular weight excluding hydrogens is 364 g/mol. The summed E-state index contributed by atoms with van der Waals surface area (Å²) in [7, 11) is 0. The molecule has 5 nitrogen and oxygen atoms in total. The SMILES string of the molecule is O=C(NC(=O)c1ccccc1OCc1ccccc1)Nc1ccc(Cl)cc1. The Labute approximate surface area is 161 Å². The Morgan fingerprint density at radius 2 is 1.52 bits per heavy atom. The van der Waals surface area contributed by atoms with Gasteiger partial charge in [-0.3, -0.25) is 10.1 Å². The number of ether oxygens (including phenoxy) is 1. The standard InChI is InChI=1S/C21H17ClN2O3/c22-16-10-12-17(13-11-16)23-21(26)24-20(25)18-8-4-5-9-19(18)27-14-15-6-2-1-3-7-15/h1-13H,14H2,(H2,23,24,25,26). The molecule has 136 valence electrons. The molecule has 3 aromatic carbocycles. The van der Waals surface area contributed by atoms with E-state index in [2.05, 4.69) is 10.6 Å².